The Bertz CT molecular complexity index is 754. The van der Waals surface area contributed by atoms with Gasteiger partial charge >= 0.3 is 12.3 Å². The Hall–Kier alpha value is -1.33. The summed E-state index contributed by atoms with van der Waals surface area (Å²) in [6, 6.07) is 1.23. The average molecular weight is 431 g/mol. The molecule has 6 nitrogen and oxygen atoms in total. The lowest BCUT2D eigenvalue weighted by atomic mass is 10.2. The molecule has 1 aliphatic heterocycles. The Morgan fingerprint density at radius 3 is 2.54 bits per heavy atom. The van der Waals surface area contributed by atoms with Crippen LogP contribution in [0, 0.1) is 0 Å². The monoisotopic (exact) mass is 430 g/mol. The van der Waals surface area contributed by atoms with Crippen molar-refractivity contribution in [1.29, 1.82) is 0 Å². The number of nitrogens with zero attached hydrogens (tertiary/aromatic N) is 1. The van der Waals surface area contributed by atoms with Crippen LogP contribution in [0.2, 0.25) is 0 Å². The molecular weight excluding hydrogens is 417 g/mol. The van der Waals surface area contributed by atoms with Gasteiger partial charge in [-0.15, -0.1) is 0 Å². The molecular formula is C13H14BrF3N2O4S. The Morgan fingerprint density at radius 1 is 1.42 bits per heavy atom. The normalized spacial score (nSPS) is 22.0. The van der Waals surface area contributed by atoms with Crippen molar-refractivity contribution in [3.05, 3.63) is 28.2 Å². The number of benzene rings is 1. The van der Waals surface area contributed by atoms with Crippen LogP contribution in [0.3, 0.4) is 0 Å². The van der Waals surface area contributed by atoms with Crippen LogP contribution in [0.15, 0.2) is 27.6 Å². The molecule has 2 atom stereocenters. The lowest BCUT2D eigenvalue weighted by Crippen LogP contribution is -2.38. The van der Waals surface area contributed by atoms with Gasteiger partial charge in [0.1, 0.15) is 0 Å². The molecule has 2 N–H and O–H groups in total. The number of hydrogen-bond acceptors (Lipinski definition) is 3. The quantitative estimate of drug-likeness (QED) is 0.771. The second-order valence-corrected chi connectivity index (χ2v) is 8.02. The Balaban J connectivity index is 2.27. The van der Waals surface area contributed by atoms with Crippen molar-refractivity contribution in [2.75, 3.05) is 6.54 Å². The lowest BCUT2D eigenvalue weighted by Gasteiger charge is -2.17. The van der Waals surface area contributed by atoms with Crippen molar-refractivity contribution in [1.82, 2.24) is 9.62 Å². The highest BCUT2D eigenvalue weighted by Gasteiger charge is 2.36. The van der Waals surface area contributed by atoms with Gasteiger partial charge in [-0.05, 0) is 47.5 Å². The van der Waals surface area contributed by atoms with Crippen LogP contribution >= 0.6 is 15.9 Å². The van der Waals surface area contributed by atoms with Crippen LogP contribution < -0.4 is 4.72 Å². The third-order valence-corrected chi connectivity index (χ3v) is 6.20. The maximum absolute atomic E-state index is 12.8. The first kappa shape index (κ1) is 19.0. The van der Waals surface area contributed by atoms with Crippen LogP contribution in [0.25, 0.3) is 0 Å². The van der Waals surface area contributed by atoms with E-state index in [4.69, 9.17) is 5.11 Å². The molecule has 0 bridgehead atoms. The summed E-state index contributed by atoms with van der Waals surface area (Å²) in [4.78, 5) is 11.6. The molecule has 1 heterocycles. The first-order chi connectivity index (χ1) is 10.9. The van der Waals surface area contributed by atoms with Crippen molar-refractivity contribution in [2.45, 2.75) is 36.5 Å². The van der Waals surface area contributed by atoms with E-state index in [2.05, 4.69) is 20.7 Å². The second kappa shape index (κ2) is 6.52. The van der Waals surface area contributed by atoms with Crippen molar-refractivity contribution in [2.24, 2.45) is 0 Å². The number of sulfonamides is 1. The van der Waals surface area contributed by atoms with E-state index in [0.29, 0.717) is 6.07 Å². The van der Waals surface area contributed by atoms with E-state index in [1.807, 2.05) is 0 Å². The number of likely N-dealkylation sites (tertiary alicyclic amines) is 1. The Kier molecular flexibility index (Phi) is 5.17. The number of carbonyl (C=O) groups is 1. The van der Waals surface area contributed by atoms with Crippen molar-refractivity contribution < 1.29 is 31.5 Å². The summed E-state index contributed by atoms with van der Waals surface area (Å²) in [6.07, 6.45) is -5.61. The highest BCUT2D eigenvalue weighted by Crippen LogP contribution is 2.33. The third kappa shape index (κ3) is 4.01. The fraction of sp³-hybridized carbons (Fsp3) is 0.462. The molecule has 0 aromatic heterocycles. The number of carboxylic acid groups (broad SMARTS) is 1. The smallest absolute Gasteiger partial charge is 0.416 e. The van der Waals surface area contributed by atoms with E-state index in [-0.39, 0.29) is 23.5 Å². The molecule has 1 aromatic carbocycles. The van der Waals surface area contributed by atoms with E-state index in [1.54, 1.807) is 6.92 Å². The molecule has 11 heteroatoms. The zero-order valence-corrected chi connectivity index (χ0v) is 14.7. The fourth-order valence-corrected chi connectivity index (χ4v) is 4.78. The molecule has 0 saturated carbocycles. The van der Waals surface area contributed by atoms with Gasteiger partial charge < -0.3 is 10.0 Å². The second-order valence-electron chi connectivity index (χ2n) is 5.48. The van der Waals surface area contributed by atoms with Gasteiger partial charge in [0, 0.05) is 23.1 Å². The van der Waals surface area contributed by atoms with Crippen molar-refractivity contribution >= 4 is 32.0 Å². The first-order valence-corrected chi connectivity index (χ1v) is 9.08. The maximum Gasteiger partial charge on any atom is 0.416 e. The third-order valence-electron chi connectivity index (χ3n) is 3.69. The highest BCUT2D eigenvalue weighted by molar-refractivity contribution is 9.10. The van der Waals surface area contributed by atoms with Gasteiger partial charge in [-0.3, -0.25) is 0 Å². The Morgan fingerprint density at radius 2 is 2.04 bits per heavy atom. The molecule has 1 saturated heterocycles. The van der Waals surface area contributed by atoms with Gasteiger partial charge in [0.25, 0.3) is 0 Å². The lowest BCUT2D eigenvalue weighted by molar-refractivity contribution is -0.137. The summed E-state index contributed by atoms with van der Waals surface area (Å²) in [5.41, 5.74) is -1.09. The molecule has 1 aromatic rings. The number of halogens is 4. The van der Waals surface area contributed by atoms with E-state index in [0.717, 1.165) is 17.0 Å². The Labute approximate surface area is 144 Å². The first-order valence-electron chi connectivity index (χ1n) is 6.80. The zero-order valence-electron chi connectivity index (χ0n) is 12.3. The van der Waals surface area contributed by atoms with Gasteiger partial charge in [0.2, 0.25) is 10.0 Å². The standard InChI is InChI=1S/C13H14BrF3N2O4S/c1-7-4-9(6-19(7)12(20)21)18-24(22,23)11-5-8(13(15,16)17)2-3-10(11)14/h2-3,5,7,9,18H,4,6H2,1H3,(H,20,21)/t7-,9+/m0/s1. The summed E-state index contributed by atoms with van der Waals surface area (Å²) in [5, 5.41) is 9.00. The summed E-state index contributed by atoms with van der Waals surface area (Å²) in [7, 11) is -4.25. The van der Waals surface area contributed by atoms with Crippen molar-refractivity contribution in [3.63, 3.8) is 0 Å². The maximum atomic E-state index is 12.8. The fourth-order valence-electron chi connectivity index (χ4n) is 2.55. The predicted molar refractivity (Wildman–Crippen MR) is 82.1 cm³/mol. The largest absolute Gasteiger partial charge is 0.465 e. The molecule has 0 unspecified atom stereocenters. The number of alkyl halides is 3. The summed E-state index contributed by atoms with van der Waals surface area (Å²) >= 11 is 2.94. The van der Waals surface area contributed by atoms with Gasteiger partial charge in [0.05, 0.1) is 10.5 Å². The van der Waals surface area contributed by atoms with E-state index < -0.39 is 38.8 Å². The summed E-state index contributed by atoms with van der Waals surface area (Å²) < 4.78 is 65.4. The minimum Gasteiger partial charge on any atom is -0.465 e. The van der Waals surface area contributed by atoms with E-state index in [9.17, 15) is 26.4 Å². The molecule has 0 spiro atoms. The number of amides is 1. The minimum atomic E-state index is -4.67. The van der Waals surface area contributed by atoms with E-state index >= 15 is 0 Å². The topological polar surface area (TPSA) is 86.7 Å². The molecule has 1 amide bonds. The SMILES string of the molecule is C[C@H]1C[C@@H](NS(=O)(=O)c2cc(C(F)(F)F)ccc2Br)CN1C(=O)O. The van der Waals surface area contributed by atoms with E-state index in [1.165, 1.54) is 0 Å². The summed E-state index contributed by atoms with van der Waals surface area (Å²) in [6.45, 7) is 1.56. The predicted octanol–water partition coefficient (Wildman–Crippen LogP) is 2.89. The van der Waals surface area contributed by atoms with Gasteiger partial charge in [-0.1, -0.05) is 0 Å². The average Bonchev–Trinajstić information content (AvgIpc) is 2.77. The molecule has 1 aliphatic rings. The van der Waals surface area contributed by atoms with Crippen LogP contribution in [0.5, 0.6) is 0 Å². The van der Waals surface area contributed by atoms with Crippen LogP contribution in [-0.2, 0) is 16.2 Å². The molecule has 0 aliphatic carbocycles. The number of rotatable bonds is 3. The summed E-state index contributed by atoms with van der Waals surface area (Å²) in [5.74, 6) is 0. The molecule has 134 valence electrons. The highest BCUT2D eigenvalue weighted by atomic mass is 79.9. The van der Waals surface area contributed by atoms with Crippen molar-refractivity contribution in [3.8, 4) is 0 Å². The number of nitrogens with one attached hydrogen (secondary N) is 1. The van der Waals surface area contributed by atoms with Crippen LogP contribution in [-0.4, -0.2) is 43.1 Å². The molecule has 24 heavy (non-hydrogen) atoms. The molecule has 1 fully saturated rings. The molecule has 0 radical (unpaired) electrons. The van der Waals surface area contributed by atoms with Crippen LogP contribution in [0.1, 0.15) is 18.9 Å². The van der Waals surface area contributed by atoms with Crippen LogP contribution in [0.4, 0.5) is 18.0 Å². The minimum absolute atomic E-state index is 0.0101. The van der Waals surface area contributed by atoms with Gasteiger partial charge in [-0.25, -0.2) is 17.9 Å². The zero-order chi connectivity index (χ0) is 18.3. The number of hydrogen-bond donors (Lipinski definition) is 2. The van der Waals surface area contributed by atoms with Gasteiger partial charge in [-0.2, -0.15) is 13.2 Å². The molecule has 2 rings (SSSR count). The van der Waals surface area contributed by atoms with Gasteiger partial charge in [0.15, 0.2) is 0 Å².